The lowest BCUT2D eigenvalue weighted by Gasteiger charge is -2.47. The van der Waals surface area contributed by atoms with Gasteiger partial charge >= 0.3 is 0 Å². The number of hydrogen-bond donors (Lipinski definition) is 2. The highest BCUT2D eigenvalue weighted by Crippen LogP contribution is 2.40. The number of sulfonamides is 1. The lowest BCUT2D eigenvalue weighted by Crippen LogP contribution is -2.68. The summed E-state index contributed by atoms with van der Waals surface area (Å²) in [5.74, 6) is -1.42. The Hall–Kier alpha value is -1.37. The van der Waals surface area contributed by atoms with E-state index in [4.69, 9.17) is 0 Å². The Bertz CT molecular complexity index is 566. The molecule has 2 aliphatic carbocycles. The molecular weight excluding hydrogens is 292 g/mol. The lowest BCUT2D eigenvalue weighted by atomic mass is 9.66. The summed E-state index contributed by atoms with van der Waals surface area (Å²) in [7, 11) is -3.62. The Morgan fingerprint density at radius 2 is 1.90 bits per heavy atom. The van der Waals surface area contributed by atoms with E-state index in [0.29, 0.717) is 25.7 Å². The van der Waals surface area contributed by atoms with Gasteiger partial charge in [0.1, 0.15) is 5.54 Å². The van der Waals surface area contributed by atoms with Crippen molar-refractivity contribution in [3.05, 3.63) is 12.7 Å². The van der Waals surface area contributed by atoms with Crippen molar-refractivity contribution in [1.29, 1.82) is 0 Å². The van der Waals surface area contributed by atoms with Gasteiger partial charge in [-0.05, 0) is 25.7 Å². The van der Waals surface area contributed by atoms with Crippen LogP contribution in [0.1, 0.15) is 39.5 Å². The highest BCUT2D eigenvalue weighted by atomic mass is 32.2. The van der Waals surface area contributed by atoms with Crippen LogP contribution in [-0.4, -0.2) is 31.0 Å². The standard InChI is InChI=1S/C14H22N2O4S/c1-4-10-7-8-14(10,15-12(17)9(2)3)13(18)16-21(19,20)11-5-6-11/h4,9-11H,1,5-8H2,2-3H3,(H,15,17)(H,16,18). The summed E-state index contributed by atoms with van der Waals surface area (Å²) < 4.78 is 26.0. The third-order valence-corrected chi connectivity index (χ3v) is 6.06. The van der Waals surface area contributed by atoms with Crippen LogP contribution in [0.3, 0.4) is 0 Å². The molecule has 2 saturated carbocycles. The molecule has 0 bridgehead atoms. The summed E-state index contributed by atoms with van der Waals surface area (Å²) in [6, 6.07) is 0. The molecule has 2 unspecified atom stereocenters. The van der Waals surface area contributed by atoms with Gasteiger partial charge in [0.25, 0.3) is 5.91 Å². The number of nitrogens with one attached hydrogen (secondary N) is 2. The largest absolute Gasteiger partial charge is 0.341 e. The maximum absolute atomic E-state index is 12.5. The zero-order valence-electron chi connectivity index (χ0n) is 12.4. The molecule has 2 rings (SSSR count). The Morgan fingerprint density at radius 1 is 1.29 bits per heavy atom. The summed E-state index contributed by atoms with van der Waals surface area (Å²) >= 11 is 0. The summed E-state index contributed by atoms with van der Waals surface area (Å²) in [5, 5.41) is 2.25. The van der Waals surface area contributed by atoms with Crippen molar-refractivity contribution >= 4 is 21.8 Å². The fourth-order valence-corrected chi connectivity index (χ4v) is 3.82. The van der Waals surface area contributed by atoms with E-state index in [1.165, 1.54) is 0 Å². The zero-order valence-corrected chi connectivity index (χ0v) is 13.2. The van der Waals surface area contributed by atoms with E-state index in [2.05, 4.69) is 16.6 Å². The molecule has 2 aliphatic rings. The molecule has 0 aromatic rings. The zero-order chi connectivity index (χ0) is 15.8. The van der Waals surface area contributed by atoms with Crippen molar-refractivity contribution in [3.63, 3.8) is 0 Å². The van der Waals surface area contributed by atoms with Gasteiger partial charge < -0.3 is 5.32 Å². The highest BCUT2D eigenvalue weighted by Gasteiger charge is 2.54. The molecule has 0 spiro atoms. The average molecular weight is 314 g/mol. The highest BCUT2D eigenvalue weighted by molar-refractivity contribution is 7.90. The Kier molecular flexibility index (Phi) is 4.15. The molecule has 0 heterocycles. The third-order valence-electron chi connectivity index (χ3n) is 4.24. The van der Waals surface area contributed by atoms with Crippen molar-refractivity contribution in [3.8, 4) is 0 Å². The van der Waals surface area contributed by atoms with Crippen LogP contribution in [-0.2, 0) is 19.6 Å². The molecule has 6 nitrogen and oxygen atoms in total. The van der Waals surface area contributed by atoms with E-state index >= 15 is 0 Å². The van der Waals surface area contributed by atoms with Crippen LogP contribution in [0.5, 0.6) is 0 Å². The van der Waals surface area contributed by atoms with Crippen molar-refractivity contribution < 1.29 is 18.0 Å². The Balaban J connectivity index is 2.18. The van der Waals surface area contributed by atoms with Gasteiger partial charge in [0.15, 0.2) is 0 Å². The maximum Gasteiger partial charge on any atom is 0.259 e. The maximum atomic E-state index is 12.5. The van der Waals surface area contributed by atoms with Crippen LogP contribution in [0, 0.1) is 11.8 Å². The van der Waals surface area contributed by atoms with Gasteiger partial charge in [-0.25, -0.2) is 8.42 Å². The Morgan fingerprint density at radius 3 is 2.29 bits per heavy atom. The minimum absolute atomic E-state index is 0.241. The minimum atomic E-state index is -3.62. The van der Waals surface area contributed by atoms with Gasteiger partial charge in [-0.3, -0.25) is 14.3 Å². The van der Waals surface area contributed by atoms with Crippen LogP contribution < -0.4 is 10.0 Å². The summed E-state index contributed by atoms with van der Waals surface area (Å²) in [5.41, 5.74) is -1.18. The van der Waals surface area contributed by atoms with E-state index in [-0.39, 0.29) is 17.7 Å². The molecule has 0 aliphatic heterocycles. The predicted octanol–water partition coefficient (Wildman–Crippen LogP) is 0.702. The lowest BCUT2D eigenvalue weighted by molar-refractivity contribution is -0.139. The predicted molar refractivity (Wildman–Crippen MR) is 78.7 cm³/mol. The van der Waals surface area contributed by atoms with Crippen LogP contribution in [0.4, 0.5) is 0 Å². The first-order valence-corrected chi connectivity index (χ1v) is 8.78. The van der Waals surface area contributed by atoms with E-state index in [9.17, 15) is 18.0 Å². The van der Waals surface area contributed by atoms with Crippen molar-refractivity contribution in [2.75, 3.05) is 0 Å². The molecule has 118 valence electrons. The molecule has 21 heavy (non-hydrogen) atoms. The van der Waals surface area contributed by atoms with Gasteiger partial charge in [-0.2, -0.15) is 0 Å². The molecule has 7 heteroatoms. The minimum Gasteiger partial charge on any atom is -0.341 e. The molecule has 2 amide bonds. The second kappa shape index (κ2) is 5.44. The first kappa shape index (κ1) is 16.0. The van der Waals surface area contributed by atoms with E-state index in [0.717, 1.165) is 0 Å². The van der Waals surface area contributed by atoms with Gasteiger partial charge in [-0.15, -0.1) is 6.58 Å². The molecule has 0 saturated heterocycles. The SMILES string of the molecule is C=CC1CCC1(NC(=O)C(C)C)C(=O)NS(=O)(=O)C1CC1. The number of hydrogen-bond acceptors (Lipinski definition) is 4. The first-order chi connectivity index (χ1) is 9.73. The van der Waals surface area contributed by atoms with Crippen LogP contribution >= 0.6 is 0 Å². The Labute approximate surface area is 125 Å². The molecule has 2 fully saturated rings. The molecule has 0 aromatic heterocycles. The quantitative estimate of drug-likeness (QED) is 0.706. The van der Waals surface area contributed by atoms with Gasteiger partial charge in [0.2, 0.25) is 15.9 Å². The van der Waals surface area contributed by atoms with Gasteiger partial charge in [-0.1, -0.05) is 19.9 Å². The molecule has 0 radical (unpaired) electrons. The van der Waals surface area contributed by atoms with Crippen molar-refractivity contribution in [2.24, 2.45) is 11.8 Å². The summed E-state index contributed by atoms with van der Waals surface area (Å²) in [6.07, 6.45) is 3.90. The van der Waals surface area contributed by atoms with E-state index in [1.54, 1.807) is 19.9 Å². The monoisotopic (exact) mass is 314 g/mol. The number of rotatable bonds is 6. The summed E-state index contributed by atoms with van der Waals surface area (Å²) in [4.78, 5) is 24.4. The fourth-order valence-electron chi connectivity index (χ4n) is 2.46. The topological polar surface area (TPSA) is 92.3 Å². The molecular formula is C14H22N2O4S. The van der Waals surface area contributed by atoms with Gasteiger partial charge in [0.05, 0.1) is 5.25 Å². The van der Waals surface area contributed by atoms with Crippen LogP contribution in [0.25, 0.3) is 0 Å². The number of carbonyl (C=O) groups is 2. The normalized spacial score (nSPS) is 28.6. The van der Waals surface area contributed by atoms with Crippen LogP contribution in [0.2, 0.25) is 0 Å². The van der Waals surface area contributed by atoms with Crippen molar-refractivity contribution in [2.45, 2.75) is 50.3 Å². The van der Waals surface area contributed by atoms with Crippen LogP contribution in [0.15, 0.2) is 12.7 Å². The number of amides is 2. The van der Waals surface area contributed by atoms with Gasteiger partial charge in [0, 0.05) is 11.8 Å². The number of carbonyl (C=O) groups excluding carboxylic acids is 2. The molecule has 2 N–H and O–H groups in total. The second-order valence-electron chi connectivity index (χ2n) is 6.17. The smallest absolute Gasteiger partial charge is 0.259 e. The summed E-state index contributed by atoms with van der Waals surface area (Å²) in [6.45, 7) is 7.13. The average Bonchev–Trinajstić information content (AvgIpc) is 3.18. The third kappa shape index (κ3) is 2.97. The molecule has 0 aromatic carbocycles. The second-order valence-corrected chi connectivity index (χ2v) is 8.13. The van der Waals surface area contributed by atoms with Crippen molar-refractivity contribution in [1.82, 2.24) is 10.0 Å². The fraction of sp³-hybridized carbons (Fsp3) is 0.714. The molecule has 2 atom stereocenters. The van der Waals surface area contributed by atoms with E-state index in [1.807, 2.05) is 0 Å². The first-order valence-electron chi connectivity index (χ1n) is 7.23. The van der Waals surface area contributed by atoms with E-state index < -0.39 is 26.7 Å².